The SMILES string of the molecule is CC1CC(C2CNC(CC(C)[C@H]3CCCN(C4CCC4)C3)C(C)N2)NN2CC(C)[N+](=O)C12. The van der Waals surface area contributed by atoms with Gasteiger partial charge in [-0.1, -0.05) is 20.3 Å². The van der Waals surface area contributed by atoms with E-state index in [0.717, 1.165) is 37.4 Å². The van der Waals surface area contributed by atoms with Gasteiger partial charge in [-0.25, -0.2) is 5.43 Å². The third-order valence-electron chi connectivity index (χ3n) is 9.62. The second kappa shape index (κ2) is 9.57. The van der Waals surface area contributed by atoms with Crippen LogP contribution in [0.1, 0.15) is 72.6 Å². The standard InChI is InChI=1S/C25H47N6O/c1-16(20-7-6-10-29(15-20)21-8-5-9-21)11-22-19(4)27-24(13-26-22)23-12-17(2)25-30(28-23)14-18(3)31(25)32/h16-28H,5-15H2,1-4H3/q+1/t16?,17?,18?,19?,20-,22?,23?,24?,25?/m0/s1. The summed E-state index contributed by atoms with van der Waals surface area (Å²) in [7, 11) is 0. The number of hydrazine groups is 1. The van der Waals surface area contributed by atoms with Gasteiger partial charge < -0.3 is 15.5 Å². The largest absolute Gasteiger partial charge is 0.311 e. The van der Waals surface area contributed by atoms with Crippen LogP contribution < -0.4 is 16.1 Å². The second-order valence-corrected chi connectivity index (χ2v) is 12.0. The number of nitrogens with one attached hydrogen (secondary N) is 3. The minimum absolute atomic E-state index is 0.00110. The number of hydrogen-bond donors (Lipinski definition) is 3. The highest BCUT2D eigenvalue weighted by Crippen LogP contribution is 2.34. The summed E-state index contributed by atoms with van der Waals surface area (Å²) in [6.07, 6.45) is 9.45. The maximum absolute atomic E-state index is 12.4. The molecule has 0 amide bonds. The number of piperazine rings is 1. The zero-order chi connectivity index (χ0) is 22.4. The summed E-state index contributed by atoms with van der Waals surface area (Å²) >= 11 is 0. The number of likely N-dealkylation sites (tertiary alicyclic amines) is 1. The molecular formula is C25H47N6O+. The van der Waals surface area contributed by atoms with Crippen molar-refractivity contribution in [2.45, 2.75) is 115 Å². The van der Waals surface area contributed by atoms with Gasteiger partial charge in [0.05, 0.1) is 6.54 Å². The Morgan fingerprint density at radius 1 is 1.06 bits per heavy atom. The zero-order valence-corrected chi connectivity index (χ0v) is 20.8. The Kier molecular flexibility index (Phi) is 6.93. The van der Waals surface area contributed by atoms with Crippen molar-refractivity contribution >= 4 is 0 Å². The maximum Gasteiger partial charge on any atom is 0.272 e. The highest BCUT2D eigenvalue weighted by Gasteiger charge is 2.53. The summed E-state index contributed by atoms with van der Waals surface area (Å²) in [5.74, 6) is 2.03. The van der Waals surface area contributed by atoms with E-state index < -0.39 is 0 Å². The van der Waals surface area contributed by atoms with Gasteiger partial charge in [0.1, 0.15) is 0 Å². The summed E-state index contributed by atoms with van der Waals surface area (Å²) in [4.78, 5) is 15.3. The molecule has 4 saturated heterocycles. The fourth-order valence-electron chi connectivity index (χ4n) is 7.30. The Labute approximate surface area is 195 Å². The molecule has 0 aromatic heterocycles. The summed E-state index contributed by atoms with van der Waals surface area (Å²) in [6, 6.07) is 2.82. The van der Waals surface area contributed by atoms with Crippen molar-refractivity contribution in [2.24, 2.45) is 17.8 Å². The van der Waals surface area contributed by atoms with Crippen molar-refractivity contribution in [3.05, 3.63) is 4.91 Å². The van der Waals surface area contributed by atoms with Gasteiger partial charge in [0, 0.05) is 65.8 Å². The fraction of sp³-hybridized carbons (Fsp3) is 1.00. The van der Waals surface area contributed by atoms with Crippen molar-refractivity contribution in [3.63, 3.8) is 0 Å². The van der Waals surface area contributed by atoms with Crippen molar-refractivity contribution in [1.29, 1.82) is 0 Å². The molecule has 0 radical (unpaired) electrons. The molecular weight excluding hydrogens is 400 g/mol. The van der Waals surface area contributed by atoms with Gasteiger partial charge in [-0.3, -0.25) is 0 Å². The Morgan fingerprint density at radius 3 is 2.59 bits per heavy atom. The van der Waals surface area contributed by atoms with Crippen LogP contribution in [-0.2, 0) is 0 Å². The number of nitrogens with zero attached hydrogens (tertiary/aromatic N) is 3. The van der Waals surface area contributed by atoms with E-state index in [0.29, 0.717) is 30.1 Å². The predicted octanol–water partition coefficient (Wildman–Crippen LogP) is 2.32. The van der Waals surface area contributed by atoms with E-state index in [9.17, 15) is 4.91 Å². The van der Waals surface area contributed by atoms with Gasteiger partial charge in [-0.2, -0.15) is 5.01 Å². The molecule has 0 bridgehead atoms. The van der Waals surface area contributed by atoms with Gasteiger partial charge in [0.15, 0.2) is 0 Å². The lowest BCUT2D eigenvalue weighted by Crippen LogP contribution is -2.69. The molecule has 32 heavy (non-hydrogen) atoms. The summed E-state index contributed by atoms with van der Waals surface area (Å²) in [6.45, 7) is 13.7. The van der Waals surface area contributed by atoms with Crippen LogP contribution in [-0.4, -0.2) is 83.3 Å². The van der Waals surface area contributed by atoms with Crippen LogP contribution in [0.4, 0.5) is 0 Å². The first-order chi connectivity index (χ1) is 15.4. The summed E-state index contributed by atoms with van der Waals surface area (Å²) in [5, 5.41) is 10.1. The minimum Gasteiger partial charge on any atom is -0.311 e. The number of fused-ring (bicyclic) bond motifs is 1. The van der Waals surface area contributed by atoms with Gasteiger partial charge >= 0.3 is 0 Å². The molecule has 1 aliphatic carbocycles. The third-order valence-corrected chi connectivity index (χ3v) is 9.62. The zero-order valence-electron chi connectivity index (χ0n) is 20.8. The molecule has 182 valence electrons. The topological polar surface area (TPSA) is 62.6 Å². The van der Waals surface area contributed by atoms with Gasteiger partial charge in [0.2, 0.25) is 6.04 Å². The monoisotopic (exact) mass is 447 g/mol. The molecule has 5 aliphatic rings. The Bertz CT molecular complexity index is 671. The average molecular weight is 448 g/mol. The molecule has 5 fully saturated rings. The van der Waals surface area contributed by atoms with Crippen LogP contribution in [0.15, 0.2) is 0 Å². The summed E-state index contributed by atoms with van der Waals surface area (Å²) in [5.41, 5.74) is 3.71. The normalized spacial score (nSPS) is 45.4. The van der Waals surface area contributed by atoms with Crippen LogP contribution in [0.25, 0.3) is 0 Å². The van der Waals surface area contributed by atoms with Gasteiger partial charge in [-0.05, 0) is 63.8 Å². The average Bonchev–Trinajstić information content (AvgIpc) is 3.02. The van der Waals surface area contributed by atoms with Gasteiger partial charge in [-0.15, -0.1) is 0 Å². The Balaban J connectivity index is 1.12. The van der Waals surface area contributed by atoms with E-state index in [-0.39, 0.29) is 12.2 Å². The van der Waals surface area contributed by atoms with Crippen molar-refractivity contribution in [3.8, 4) is 0 Å². The Hall–Kier alpha value is -0.600. The van der Waals surface area contributed by atoms with E-state index in [2.05, 4.69) is 46.7 Å². The number of hydrogen-bond acceptors (Lipinski definition) is 6. The van der Waals surface area contributed by atoms with Gasteiger partial charge in [0.25, 0.3) is 6.17 Å². The highest BCUT2D eigenvalue weighted by molar-refractivity contribution is 4.98. The van der Waals surface area contributed by atoms with Crippen LogP contribution in [0.2, 0.25) is 0 Å². The van der Waals surface area contributed by atoms with Crippen molar-refractivity contribution in [1.82, 2.24) is 26.0 Å². The first kappa shape index (κ1) is 23.2. The fourth-order valence-corrected chi connectivity index (χ4v) is 7.30. The van der Waals surface area contributed by atoms with Crippen molar-refractivity contribution in [2.75, 3.05) is 26.2 Å². The van der Waals surface area contributed by atoms with E-state index in [4.69, 9.17) is 0 Å². The Morgan fingerprint density at radius 2 is 1.88 bits per heavy atom. The van der Waals surface area contributed by atoms with E-state index >= 15 is 0 Å². The van der Waals surface area contributed by atoms with Crippen LogP contribution in [0.5, 0.6) is 0 Å². The number of piperidine rings is 1. The molecule has 9 atom stereocenters. The minimum atomic E-state index is -0.00110. The predicted molar refractivity (Wildman–Crippen MR) is 128 cm³/mol. The molecule has 5 rings (SSSR count). The lowest BCUT2D eigenvalue weighted by Gasteiger charge is -2.46. The number of nitroso groups, excluding NO2 is 1. The second-order valence-electron chi connectivity index (χ2n) is 12.0. The summed E-state index contributed by atoms with van der Waals surface area (Å²) < 4.78 is 1.30. The molecule has 4 aliphatic heterocycles. The lowest BCUT2D eigenvalue weighted by molar-refractivity contribution is -0.615. The molecule has 3 N–H and O–H groups in total. The molecule has 0 aromatic rings. The number of rotatable bonds is 5. The first-order valence-corrected chi connectivity index (χ1v) is 13.6. The first-order valence-electron chi connectivity index (χ1n) is 13.6. The molecule has 8 unspecified atom stereocenters. The smallest absolute Gasteiger partial charge is 0.272 e. The maximum atomic E-state index is 12.4. The van der Waals surface area contributed by atoms with E-state index in [1.165, 1.54) is 56.4 Å². The third kappa shape index (κ3) is 4.52. The van der Waals surface area contributed by atoms with Crippen LogP contribution in [0.3, 0.4) is 0 Å². The molecule has 7 heteroatoms. The molecule has 4 heterocycles. The van der Waals surface area contributed by atoms with E-state index in [1.807, 2.05) is 6.92 Å². The molecule has 7 nitrogen and oxygen atoms in total. The molecule has 1 saturated carbocycles. The highest BCUT2D eigenvalue weighted by atomic mass is 16.3. The molecule has 0 aromatic carbocycles. The van der Waals surface area contributed by atoms with Crippen molar-refractivity contribution < 1.29 is 4.76 Å². The molecule has 0 spiro atoms. The van der Waals surface area contributed by atoms with Crippen LogP contribution in [0, 0.1) is 22.7 Å². The quantitative estimate of drug-likeness (QED) is 0.562. The van der Waals surface area contributed by atoms with E-state index in [1.54, 1.807) is 0 Å². The lowest BCUT2D eigenvalue weighted by atomic mass is 9.79. The van der Waals surface area contributed by atoms with Crippen LogP contribution >= 0.6 is 0 Å².